The van der Waals surface area contributed by atoms with E-state index in [4.69, 9.17) is 19.0 Å². The van der Waals surface area contributed by atoms with Gasteiger partial charge in [-0.2, -0.15) is 0 Å². The van der Waals surface area contributed by atoms with Crippen LogP contribution in [0, 0.1) is 0 Å². The number of unbranched alkanes of at least 4 members (excludes halogenated alkanes) is 30. The van der Waals surface area contributed by atoms with E-state index in [1.807, 2.05) is 0 Å². The molecule has 0 saturated carbocycles. The summed E-state index contributed by atoms with van der Waals surface area (Å²) in [7, 11) is 0. The van der Waals surface area contributed by atoms with Gasteiger partial charge < -0.3 is 19.0 Å². The number of imide groups is 1. The molecule has 0 spiro atoms. The normalized spacial score (nSPS) is 13.5. The van der Waals surface area contributed by atoms with Crippen LogP contribution in [0.5, 0.6) is 0 Å². The average molecular weight is 794 g/mol. The molecule has 2 amide bonds. The molecule has 1 unspecified atom stereocenters. The molecule has 1 aliphatic heterocycles. The van der Waals surface area contributed by atoms with Gasteiger partial charge in [-0.15, -0.1) is 5.06 Å². The van der Waals surface area contributed by atoms with Gasteiger partial charge in [0.15, 0.2) is 0 Å². The van der Waals surface area contributed by atoms with Gasteiger partial charge in [-0.1, -0.05) is 206 Å². The molecule has 9 heteroatoms. The third kappa shape index (κ3) is 33.0. The van der Waals surface area contributed by atoms with Crippen molar-refractivity contribution in [3.8, 4) is 0 Å². The van der Waals surface area contributed by atoms with Crippen molar-refractivity contribution in [1.82, 2.24) is 5.06 Å². The van der Waals surface area contributed by atoms with E-state index in [0.29, 0.717) is 24.9 Å². The Morgan fingerprint density at radius 2 is 0.804 bits per heavy atom. The zero-order valence-electron chi connectivity index (χ0n) is 36.6. The van der Waals surface area contributed by atoms with Crippen molar-refractivity contribution in [2.45, 2.75) is 251 Å². The van der Waals surface area contributed by atoms with E-state index in [2.05, 4.69) is 13.8 Å². The maximum Gasteiger partial charge on any atom is 0.333 e. The van der Waals surface area contributed by atoms with Crippen molar-refractivity contribution in [3.05, 3.63) is 0 Å². The lowest BCUT2D eigenvalue weighted by molar-refractivity contribution is -0.197. The average Bonchev–Trinajstić information content (AvgIpc) is 3.51. The molecule has 1 aliphatic rings. The van der Waals surface area contributed by atoms with Crippen LogP contribution >= 0.6 is 0 Å². The number of ether oxygens (including phenoxy) is 3. The standard InChI is InChI=1S/C47H87NO8/c1-3-5-7-9-11-13-15-17-19-21-23-25-27-29-31-33-39-53-41-43(42-55-46(51)37-38-47(52)56-48-44(49)35-36-45(48)50)54-40-34-32-30-28-26-24-22-20-18-16-14-12-10-8-6-4-2/h43H,3-42H2,1-2H3. The van der Waals surface area contributed by atoms with Crippen LogP contribution in [-0.2, 0) is 38.2 Å². The van der Waals surface area contributed by atoms with Gasteiger partial charge in [-0.05, 0) is 12.8 Å². The van der Waals surface area contributed by atoms with Gasteiger partial charge in [0.05, 0.1) is 19.4 Å². The highest BCUT2D eigenvalue weighted by Crippen LogP contribution is 2.17. The van der Waals surface area contributed by atoms with Gasteiger partial charge in [-0.25, -0.2) is 4.79 Å². The number of carbonyl (C=O) groups is 4. The van der Waals surface area contributed by atoms with Crippen molar-refractivity contribution in [2.24, 2.45) is 0 Å². The first-order chi connectivity index (χ1) is 27.5. The Labute approximate surface area is 343 Å². The lowest BCUT2D eigenvalue weighted by atomic mass is 10.0. The van der Waals surface area contributed by atoms with Crippen molar-refractivity contribution < 1.29 is 38.2 Å². The minimum atomic E-state index is -0.816. The Morgan fingerprint density at radius 3 is 1.20 bits per heavy atom. The predicted octanol–water partition coefficient (Wildman–Crippen LogP) is 12.8. The molecule has 0 bridgehead atoms. The Balaban J connectivity index is 2.18. The van der Waals surface area contributed by atoms with Crippen LogP contribution in [0.25, 0.3) is 0 Å². The third-order valence-corrected chi connectivity index (χ3v) is 11.0. The summed E-state index contributed by atoms with van der Waals surface area (Å²) in [6.07, 6.45) is 41.6. The highest BCUT2D eigenvalue weighted by atomic mass is 16.7. The fourth-order valence-electron chi connectivity index (χ4n) is 7.28. The molecule has 56 heavy (non-hydrogen) atoms. The zero-order chi connectivity index (χ0) is 40.6. The maximum absolute atomic E-state index is 12.4. The van der Waals surface area contributed by atoms with Crippen molar-refractivity contribution >= 4 is 23.8 Å². The first-order valence-electron chi connectivity index (χ1n) is 23.9. The van der Waals surface area contributed by atoms with Gasteiger partial charge in [0.2, 0.25) is 0 Å². The zero-order valence-corrected chi connectivity index (χ0v) is 36.6. The largest absolute Gasteiger partial charge is 0.463 e. The molecule has 0 aromatic carbocycles. The summed E-state index contributed by atoms with van der Waals surface area (Å²) in [5.41, 5.74) is 0. The van der Waals surface area contributed by atoms with Crippen LogP contribution in [0.4, 0.5) is 0 Å². The van der Waals surface area contributed by atoms with Crippen LogP contribution in [0.1, 0.15) is 245 Å². The Bertz CT molecular complexity index is 927. The fraction of sp³-hybridized carbons (Fsp3) is 0.915. The number of hydrogen-bond acceptors (Lipinski definition) is 8. The molecular formula is C47H87NO8. The van der Waals surface area contributed by atoms with Gasteiger partial charge in [0, 0.05) is 26.1 Å². The molecule has 0 aromatic heterocycles. The number of nitrogens with zero attached hydrogens (tertiary/aromatic N) is 1. The maximum atomic E-state index is 12.4. The molecule has 328 valence electrons. The van der Waals surface area contributed by atoms with E-state index in [1.54, 1.807) is 0 Å². The molecule has 1 rings (SSSR count). The lowest BCUT2D eigenvalue weighted by Crippen LogP contribution is -2.32. The molecule has 1 heterocycles. The predicted molar refractivity (Wildman–Crippen MR) is 227 cm³/mol. The SMILES string of the molecule is CCCCCCCCCCCCCCCCCCOCC(COC(=O)CCC(=O)ON1C(=O)CCC1=O)OCCCCCCCCCCCCCCCCCC. The first kappa shape index (κ1) is 52.0. The number of amides is 2. The van der Waals surface area contributed by atoms with Crippen LogP contribution in [0.15, 0.2) is 0 Å². The third-order valence-electron chi connectivity index (χ3n) is 11.0. The lowest BCUT2D eigenvalue weighted by Gasteiger charge is -2.18. The van der Waals surface area contributed by atoms with Crippen LogP contribution in [-0.4, -0.2) is 61.3 Å². The summed E-state index contributed by atoms with van der Waals surface area (Å²) in [5, 5.41) is 0.493. The fourth-order valence-corrected chi connectivity index (χ4v) is 7.28. The molecule has 1 atom stereocenters. The number of hydroxylamine groups is 2. The van der Waals surface area contributed by atoms with E-state index in [-0.39, 0.29) is 38.4 Å². The number of rotatable bonds is 43. The van der Waals surface area contributed by atoms with Crippen molar-refractivity contribution in [1.29, 1.82) is 0 Å². The number of carbonyl (C=O) groups excluding carboxylic acids is 4. The molecule has 0 N–H and O–H groups in total. The minimum absolute atomic E-state index is 0.0243. The second kappa shape index (κ2) is 39.8. The molecule has 0 aromatic rings. The topological polar surface area (TPSA) is 108 Å². The van der Waals surface area contributed by atoms with Crippen LogP contribution in [0.2, 0.25) is 0 Å². The summed E-state index contributed by atoms with van der Waals surface area (Å²) >= 11 is 0. The van der Waals surface area contributed by atoms with Crippen molar-refractivity contribution in [3.63, 3.8) is 0 Å². The first-order valence-corrected chi connectivity index (χ1v) is 23.9. The van der Waals surface area contributed by atoms with E-state index < -0.39 is 23.8 Å². The summed E-state index contributed by atoms with van der Waals surface area (Å²) in [6.45, 7) is 6.20. The van der Waals surface area contributed by atoms with Crippen LogP contribution < -0.4 is 0 Å². The quantitative estimate of drug-likeness (QED) is 0.0341. The van der Waals surface area contributed by atoms with E-state index in [1.165, 1.54) is 180 Å². The molecular weight excluding hydrogens is 707 g/mol. The summed E-state index contributed by atoms with van der Waals surface area (Å²) < 4.78 is 17.5. The summed E-state index contributed by atoms with van der Waals surface area (Å²) in [6, 6.07) is 0. The Kier molecular flexibility index (Phi) is 37.0. The Morgan fingerprint density at radius 1 is 0.464 bits per heavy atom. The van der Waals surface area contributed by atoms with Crippen LogP contribution in [0.3, 0.4) is 0 Å². The minimum Gasteiger partial charge on any atom is -0.463 e. The Hall–Kier alpha value is -2.00. The van der Waals surface area contributed by atoms with E-state index in [0.717, 1.165) is 25.7 Å². The second-order valence-electron chi connectivity index (χ2n) is 16.4. The molecule has 0 radical (unpaired) electrons. The van der Waals surface area contributed by atoms with E-state index in [9.17, 15) is 19.2 Å². The number of esters is 1. The highest BCUT2D eigenvalue weighted by Gasteiger charge is 2.32. The number of hydrogen-bond donors (Lipinski definition) is 0. The molecule has 9 nitrogen and oxygen atoms in total. The second-order valence-corrected chi connectivity index (χ2v) is 16.4. The summed E-state index contributed by atoms with van der Waals surface area (Å²) in [4.78, 5) is 52.7. The van der Waals surface area contributed by atoms with Gasteiger partial charge in [0.25, 0.3) is 11.8 Å². The molecule has 1 fully saturated rings. The molecule has 1 saturated heterocycles. The smallest absolute Gasteiger partial charge is 0.333 e. The summed E-state index contributed by atoms with van der Waals surface area (Å²) in [5.74, 6) is -2.47. The van der Waals surface area contributed by atoms with Crippen molar-refractivity contribution in [2.75, 3.05) is 26.4 Å². The van der Waals surface area contributed by atoms with Gasteiger partial charge in [-0.3, -0.25) is 14.4 Å². The van der Waals surface area contributed by atoms with Gasteiger partial charge in [0.1, 0.15) is 12.7 Å². The van der Waals surface area contributed by atoms with E-state index >= 15 is 0 Å². The van der Waals surface area contributed by atoms with Gasteiger partial charge >= 0.3 is 11.9 Å². The highest BCUT2D eigenvalue weighted by molar-refractivity contribution is 6.01. The monoisotopic (exact) mass is 794 g/mol. The molecule has 0 aliphatic carbocycles.